The van der Waals surface area contributed by atoms with Gasteiger partial charge in [0.1, 0.15) is 11.9 Å². The lowest BCUT2D eigenvalue weighted by Crippen LogP contribution is -2.38. The average molecular weight is 527 g/mol. The first-order valence-corrected chi connectivity index (χ1v) is 14.1. The fourth-order valence-corrected chi connectivity index (χ4v) is 5.77. The lowest BCUT2D eigenvalue weighted by atomic mass is 9.95. The summed E-state index contributed by atoms with van der Waals surface area (Å²) in [5.74, 6) is -0.300. The Labute approximate surface area is 226 Å². The third-order valence-corrected chi connectivity index (χ3v) is 8.07. The van der Waals surface area contributed by atoms with E-state index >= 15 is 0 Å². The summed E-state index contributed by atoms with van der Waals surface area (Å²) in [7, 11) is 3.52. The van der Waals surface area contributed by atoms with Crippen LogP contribution in [0.1, 0.15) is 80.3 Å². The Balaban J connectivity index is 1.29. The minimum absolute atomic E-state index is 0.0304. The number of methoxy groups -OCH3 is 1. The molecule has 208 valence electrons. The molecule has 8 heteroatoms. The van der Waals surface area contributed by atoms with Gasteiger partial charge >= 0.3 is 5.97 Å². The highest BCUT2D eigenvalue weighted by Gasteiger charge is 2.37. The van der Waals surface area contributed by atoms with Crippen LogP contribution in [0.3, 0.4) is 0 Å². The number of aryl methyl sites for hydroxylation is 2. The molecule has 2 aliphatic rings. The quantitative estimate of drug-likeness (QED) is 0.366. The Hall–Kier alpha value is -2.71. The van der Waals surface area contributed by atoms with E-state index in [0.717, 1.165) is 68.7 Å². The molecule has 2 N–H and O–H groups in total. The Morgan fingerprint density at radius 1 is 1.29 bits per heavy atom. The second kappa shape index (κ2) is 12.9. The number of nitrogens with zero attached hydrogens (tertiary/aromatic N) is 3. The van der Waals surface area contributed by atoms with Crippen molar-refractivity contribution >= 4 is 11.8 Å². The standard InChI is InChI=1S/C30H43FN4O3/c1-20(2)22-17-25(28(38-4)26(31)18-22)27(30(36)37)35-16-13-24(19-35)34(3)15-7-5-6-10-23-12-11-21-9-8-14-32-29(21)33-23/h11-12,17-18,20,24,27H,5-10,13-16,19H2,1-4H3,(H,32,33)(H,36,37)/t24-,27-/m0/s1. The molecule has 1 saturated heterocycles. The van der Waals surface area contributed by atoms with Crippen LogP contribution in [0, 0.1) is 5.82 Å². The van der Waals surface area contributed by atoms with Gasteiger partial charge in [-0.1, -0.05) is 26.3 Å². The maximum Gasteiger partial charge on any atom is 0.325 e. The highest BCUT2D eigenvalue weighted by atomic mass is 19.1. The minimum Gasteiger partial charge on any atom is -0.493 e. The largest absolute Gasteiger partial charge is 0.493 e. The van der Waals surface area contributed by atoms with E-state index < -0.39 is 17.8 Å². The van der Waals surface area contributed by atoms with Crippen molar-refractivity contribution in [3.8, 4) is 5.75 Å². The van der Waals surface area contributed by atoms with Crippen LogP contribution in [0.4, 0.5) is 10.2 Å². The van der Waals surface area contributed by atoms with Crippen LogP contribution in [-0.2, 0) is 17.6 Å². The smallest absolute Gasteiger partial charge is 0.325 e. The van der Waals surface area contributed by atoms with Gasteiger partial charge in [-0.15, -0.1) is 0 Å². The molecular weight excluding hydrogens is 483 g/mol. The Morgan fingerprint density at radius 2 is 2.11 bits per heavy atom. The van der Waals surface area contributed by atoms with Gasteiger partial charge in [-0.3, -0.25) is 9.69 Å². The molecule has 7 nitrogen and oxygen atoms in total. The molecule has 2 aromatic rings. The van der Waals surface area contributed by atoms with Gasteiger partial charge in [-0.05, 0) is 87.4 Å². The molecular formula is C30H43FN4O3. The van der Waals surface area contributed by atoms with Crippen molar-refractivity contribution in [3.63, 3.8) is 0 Å². The number of likely N-dealkylation sites (N-methyl/N-ethyl adjacent to an activating group) is 1. The molecule has 4 rings (SSSR count). The molecule has 0 aliphatic carbocycles. The van der Waals surface area contributed by atoms with Crippen molar-refractivity contribution in [2.24, 2.45) is 0 Å². The summed E-state index contributed by atoms with van der Waals surface area (Å²) in [5.41, 5.74) is 3.66. The van der Waals surface area contributed by atoms with Gasteiger partial charge in [-0.2, -0.15) is 0 Å². The Morgan fingerprint density at radius 3 is 2.84 bits per heavy atom. The van der Waals surface area contributed by atoms with E-state index in [4.69, 9.17) is 9.72 Å². The third kappa shape index (κ3) is 6.64. The van der Waals surface area contributed by atoms with Crippen molar-refractivity contribution in [2.45, 2.75) is 76.8 Å². The first kappa shape index (κ1) is 28.3. The minimum atomic E-state index is -0.974. The summed E-state index contributed by atoms with van der Waals surface area (Å²) >= 11 is 0. The predicted molar refractivity (Wildman–Crippen MR) is 149 cm³/mol. The number of aromatic nitrogens is 1. The van der Waals surface area contributed by atoms with E-state index in [1.54, 1.807) is 6.07 Å². The summed E-state index contributed by atoms with van der Waals surface area (Å²) in [6.45, 7) is 7.22. The summed E-state index contributed by atoms with van der Waals surface area (Å²) in [4.78, 5) is 21.5. The van der Waals surface area contributed by atoms with Crippen molar-refractivity contribution in [1.29, 1.82) is 0 Å². The number of pyridine rings is 1. The number of ether oxygens (including phenoxy) is 1. The van der Waals surface area contributed by atoms with Crippen LogP contribution in [0.15, 0.2) is 24.3 Å². The molecule has 0 bridgehead atoms. The number of benzene rings is 1. The fraction of sp³-hybridized carbons (Fsp3) is 0.600. The molecule has 3 heterocycles. The molecule has 1 aromatic carbocycles. The predicted octanol–water partition coefficient (Wildman–Crippen LogP) is 5.26. The number of carboxylic acid groups (broad SMARTS) is 1. The number of hydrogen-bond donors (Lipinski definition) is 2. The lowest BCUT2D eigenvalue weighted by molar-refractivity contribution is -0.143. The number of aliphatic carboxylic acids is 1. The number of carbonyl (C=O) groups is 1. The van der Waals surface area contributed by atoms with Crippen molar-refractivity contribution < 1.29 is 19.0 Å². The molecule has 0 spiro atoms. The first-order chi connectivity index (χ1) is 18.3. The van der Waals surface area contributed by atoms with Crippen LogP contribution in [0.25, 0.3) is 0 Å². The van der Waals surface area contributed by atoms with Crippen LogP contribution in [0.2, 0.25) is 0 Å². The van der Waals surface area contributed by atoms with Gasteiger partial charge in [0.25, 0.3) is 0 Å². The number of anilines is 1. The fourth-order valence-electron chi connectivity index (χ4n) is 5.77. The van der Waals surface area contributed by atoms with E-state index in [9.17, 15) is 14.3 Å². The number of carboxylic acids is 1. The Kier molecular flexibility index (Phi) is 9.60. The second-order valence-corrected chi connectivity index (χ2v) is 11.1. The first-order valence-electron chi connectivity index (χ1n) is 14.1. The van der Waals surface area contributed by atoms with Crippen molar-refractivity contribution in [1.82, 2.24) is 14.8 Å². The third-order valence-electron chi connectivity index (χ3n) is 8.07. The SMILES string of the molecule is COc1c(F)cc(C(C)C)cc1[C@@H](C(=O)O)N1CC[C@H](N(C)CCCCCc2ccc3c(n2)NCCC3)C1. The van der Waals surface area contributed by atoms with Crippen LogP contribution >= 0.6 is 0 Å². The van der Waals surface area contributed by atoms with Crippen molar-refractivity contribution in [2.75, 3.05) is 45.7 Å². The number of halogens is 1. The Bertz CT molecular complexity index is 1110. The number of rotatable bonds is 12. The molecule has 2 aliphatic heterocycles. The summed E-state index contributed by atoms with van der Waals surface area (Å²) in [6.07, 6.45) is 7.50. The van der Waals surface area contributed by atoms with E-state index in [0.29, 0.717) is 18.7 Å². The zero-order valence-electron chi connectivity index (χ0n) is 23.3. The zero-order chi connectivity index (χ0) is 27.2. The maximum atomic E-state index is 14.8. The maximum absolute atomic E-state index is 14.8. The van der Waals surface area contributed by atoms with E-state index in [1.165, 1.54) is 25.2 Å². The second-order valence-electron chi connectivity index (χ2n) is 11.1. The number of hydrogen-bond acceptors (Lipinski definition) is 6. The molecule has 0 saturated carbocycles. The molecule has 1 aromatic heterocycles. The van der Waals surface area contributed by atoms with E-state index in [2.05, 4.69) is 29.4 Å². The van der Waals surface area contributed by atoms with Gasteiger partial charge in [0.2, 0.25) is 0 Å². The van der Waals surface area contributed by atoms with Gasteiger partial charge in [-0.25, -0.2) is 9.37 Å². The zero-order valence-corrected chi connectivity index (χ0v) is 23.3. The molecule has 0 radical (unpaired) electrons. The highest BCUT2D eigenvalue weighted by Crippen LogP contribution is 2.37. The summed E-state index contributed by atoms with van der Waals surface area (Å²) in [5, 5.41) is 13.6. The molecule has 38 heavy (non-hydrogen) atoms. The van der Waals surface area contributed by atoms with E-state index in [-0.39, 0.29) is 17.7 Å². The average Bonchev–Trinajstić information content (AvgIpc) is 3.37. The van der Waals surface area contributed by atoms with Crippen LogP contribution < -0.4 is 10.1 Å². The number of nitrogens with one attached hydrogen (secondary N) is 1. The molecule has 2 atom stereocenters. The number of unbranched alkanes of at least 4 members (excludes halogenated alkanes) is 2. The molecule has 0 unspecified atom stereocenters. The molecule has 1 fully saturated rings. The summed E-state index contributed by atoms with van der Waals surface area (Å²) < 4.78 is 20.1. The van der Waals surface area contributed by atoms with Crippen LogP contribution in [-0.4, -0.2) is 72.2 Å². The van der Waals surface area contributed by atoms with Crippen molar-refractivity contribution in [3.05, 3.63) is 52.5 Å². The summed E-state index contributed by atoms with van der Waals surface area (Å²) in [6, 6.07) is 6.98. The lowest BCUT2D eigenvalue weighted by Gasteiger charge is -2.29. The van der Waals surface area contributed by atoms with Gasteiger partial charge in [0, 0.05) is 36.9 Å². The molecule has 0 amide bonds. The normalized spacial score (nSPS) is 18.4. The van der Waals surface area contributed by atoms with E-state index in [1.807, 2.05) is 18.7 Å². The highest BCUT2D eigenvalue weighted by molar-refractivity contribution is 5.77. The topological polar surface area (TPSA) is 77.9 Å². The van der Waals surface area contributed by atoms with Crippen LogP contribution in [0.5, 0.6) is 5.75 Å². The van der Waals surface area contributed by atoms with Gasteiger partial charge in [0.05, 0.1) is 7.11 Å². The number of fused-ring (bicyclic) bond motifs is 1. The number of likely N-dealkylation sites (tertiary alicyclic amines) is 1. The monoisotopic (exact) mass is 526 g/mol. The van der Waals surface area contributed by atoms with Gasteiger partial charge in [0.15, 0.2) is 11.6 Å². The van der Waals surface area contributed by atoms with Gasteiger partial charge < -0.3 is 20.1 Å².